The normalized spacial score (nSPS) is 24.6. The maximum Gasteiger partial charge on any atom is 0.0413 e. The Bertz CT molecular complexity index is 550. The second kappa shape index (κ2) is 7.21. The highest BCUT2D eigenvalue weighted by Crippen LogP contribution is 2.41. The van der Waals surface area contributed by atoms with Gasteiger partial charge in [-0.1, -0.05) is 57.5 Å². The molecule has 1 aliphatic carbocycles. The standard InChI is InChI=1S/C22H28N/c1-17(2)21-15-14-18(3)16-22(21)23(19-10-6-4-7-11-19)20-12-8-5-9-13-20/h4,6-13,17-18,21-22H,14-16H2,1-3H3. The molecule has 3 atom stereocenters. The lowest BCUT2D eigenvalue weighted by molar-refractivity contribution is 0.198. The molecule has 0 heterocycles. The third-order valence-electron chi connectivity index (χ3n) is 5.33. The first-order chi connectivity index (χ1) is 11.2. The van der Waals surface area contributed by atoms with Crippen LogP contribution in [0.15, 0.2) is 54.6 Å². The highest BCUT2D eigenvalue weighted by atomic mass is 15.2. The fraction of sp³-hybridized carbons (Fsp3) is 0.455. The number of rotatable bonds is 4. The highest BCUT2D eigenvalue weighted by Gasteiger charge is 2.35. The smallest absolute Gasteiger partial charge is 0.0413 e. The lowest BCUT2D eigenvalue weighted by Crippen LogP contribution is -2.43. The average Bonchev–Trinajstić information content (AvgIpc) is 2.57. The Labute approximate surface area is 141 Å². The summed E-state index contributed by atoms with van der Waals surface area (Å²) < 4.78 is 0. The fourth-order valence-electron chi connectivity index (χ4n) is 4.11. The van der Waals surface area contributed by atoms with Gasteiger partial charge in [-0.15, -0.1) is 0 Å². The summed E-state index contributed by atoms with van der Waals surface area (Å²) in [6.07, 6.45) is 3.98. The van der Waals surface area contributed by atoms with Gasteiger partial charge in [0.1, 0.15) is 0 Å². The molecule has 0 aliphatic heterocycles. The molecule has 0 saturated heterocycles. The van der Waals surface area contributed by atoms with Crippen LogP contribution in [0.3, 0.4) is 0 Å². The third-order valence-corrected chi connectivity index (χ3v) is 5.33. The average molecular weight is 306 g/mol. The zero-order valence-electron chi connectivity index (χ0n) is 14.6. The topological polar surface area (TPSA) is 3.24 Å². The molecule has 0 bridgehead atoms. The molecular formula is C22H28N. The predicted molar refractivity (Wildman–Crippen MR) is 99.0 cm³/mol. The zero-order chi connectivity index (χ0) is 16.2. The monoisotopic (exact) mass is 306 g/mol. The van der Waals surface area contributed by atoms with E-state index >= 15 is 0 Å². The Morgan fingerprint density at radius 2 is 1.61 bits per heavy atom. The number of benzene rings is 2. The van der Waals surface area contributed by atoms with Gasteiger partial charge in [0, 0.05) is 17.4 Å². The first kappa shape index (κ1) is 16.1. The van der Waals surface area contributed by atoms with Gasteiger partial charge in [-0.25, -0.2) is 0 Å². The van der Waals surface area contributed by atoms with Crippen LogP contribution in [-0.4, -0.2) is 6.04 Å². The number of anilines is 2. The predicted octanol–water partition coefficient (Wildman–Crippen LogP) is 6.09. The number of hydrogen-bond acceptors (Lipinski definition) is 1. The second-order valence-electron chi connectivity index (χ2n) is 7.36. The van der Waals surface area contributed by atoms with Crippen molar-refractivity contribution in [3.8, 4) is 0 Å². The molecule has 1 radical (unpaired) electrons. The minimum Gasteiger partial charge on any atom is -0.338 e. The molecule has 3 unspecified atom stereocenters. The first-order valence-corrected chi connectivity index (χ1v) is 8.97. The third kappa shape index (κ3) is 3.60. The molecule has 1 aliphatic rings. The van der Waals surface area contributed by atoms with Crippen LogP contribution in [0.2, 0.25) is 0 Å². The molecule has 121 valence electrons. The van der Waals surface area contributed by atoms with Crippen LogP contribution < -0.4 is 4.90 Å². The number of para-hydroxylation sites is 1. The van der Waals surface area contributed by atoms with Gasteiger partial charge in [0.05, 0.1) is 0 Å². The van der Waals surface area contributed by atoms with E-state index in [1.807, 2.05) is 12.1 Å². The van der Waals surface area contributed by atoms with E-state index in [1.165, 1.54) is 30.6 Å². The minimum absolute atomic E-state index is 0.573. The Balaban J connectivity index is 2.03. The maximum atomic E-state index is 3.16. The lowest BCUT2D eigenvalue weighted by atomic mass is 9.73. The molecular weight excluding hydrogens is 278 g/mol. The van der Waals surface area contributed by atoms with Crippen molar-refractivity contribution in [2.75, 3.05) is 4.90 Å². The van der Waals surface area contributed by atoms with Crippen LogP contribution in [0.4, 0.5) is 11.4 Å². The Hall–Kier alpha value is -1.76. The quantitative estimate of drug-likeness (QED) is 0.661. The van der Waals surface area contributed by atoms with Crippen molar-refractivity contribution >= 4 is 11.4 Å². The lowest BCUT2D eigenvalue weighted by Gasteiger charge is -2.45. The fourth-order valence-corrected chi connectivity index (χ4v) is 4.11. The summed E-state index contributed by atoms with van der Waals surface area (Å²) in [5.74, 6) is 2.26. The molecule has 0 aromatic heterocycles. The minimum atomic E-state index is 0.573. The molecule has 2 aromatic rings. The van der Waals surface area contributed by atoms with Crippen molar-refractivity contribution in [1.82, 2.24) is 0 Å². The van der Waals surface area contributed by atoms with E-state index in [-0.39, 0.29) is 0 Å². The zero-order valence-corrected chi connectivity index (χ0v) is 14.6. The molecule has 0 spiro atoms. The molecule has 1 saturated carbocycles. The van der Waals surface area contributed by atoms with Gasteiger partial charge in [-0.3, -0.25) is 0 Å². The van der Waals surface area contributed by atoms with E-state index in [0.717, 1.165) is 11.8 Å². The van der Waals surface area contributed by atoms with E-state index in [9.17, 15) is 0 Å². The summed E-state index contributed by atoms with van der Waals surface area (Å²) in [5, 5.41) is 0. The summed E-state index contributed by atoms with van der Waals surface area (Å²) in [6.45, 7) is 7.18. The maximum absolute atomic E-state index is 3.16. The van der Waals surface area contributed by atoms with Gasteiger partial charge in [-0.05, 0) is 60.9 Å². The first-order valence-electron chi connectivity index (χ1n) is 8.97. The van der Waals surface area contributed by atoms with Gasteiger partial charge in [0.25, 0.3) is 0 Å². The van der Waals surface area contributed by atoms with E-state index in [0.29, 0.717) is 12.0 Å². The Morgan fingerprint density at radius 3 is 2.26 bits per heavy atom. The largest absolute Gasteiger partial charge is 0.338 e. The van der Waals surface area contributed by atoms with Crippen LogP contribution in [0, 0.1) is 23.8 Å². The molecule has 0 amide bonds. The van der Waals surface area contributed by atoms with Gasteiger partial charge in [-0.2, -0.15) is 0 Å². The van der Waals surface area contributed by atoms with Crippen LogP contribution in [0.5, 0.6) is 0 Å². The summed E-state index contributed by atoms with van der Waals surface area (Å²) in [5.41, 5.74) is 2.60. The van der Waals surface area contributed by atoms with Crippen molar-refractivity contribution in [3.63, 3.8) is 0 Å². The van der Waals surface area contributed by atoms with E-state index in [2.05, 4.69) is 74.2 Å². The van der Waals surface area contributed by atoms with Crippen LogP contribution in [-0.2, 0) is 0 Å². The molecule has 1 heteroatoms. The second-order valence-corrected chi connectivity index (χ2v) is 7.36. The molecule has 3 rings (SSSR count). The van der Waals surface area contributed by atoms with Crippen LogP contribution >= 0.6 is 0 Å². The number of hydrogen-bond donors (Lipinski definition) is 0. The molecule has 23 heavy (non-hydrogen) atoms. The van der Waals surface area contributed by atoms with Crippen molar-refractivity contribution < 1.29 is 0 Å². The van der Waals surface area contributed by atoms with E-state index in [4.69, 9.17) is 0 Å². The van der Waals surface area contributed by atoms with Gasteiger partial charge in [0.2, 0.25) is 0 Å². The highest BCUT2D eigenvalue weighted by molar-refractivity contribution is 5.64. The van der Waals surface area contributed by atoms with Gasteiger partial charge >= 0.3 is 0 Å². The van der Waals surface area contributed by atoms with Crippen molar-refractivity contribution in [3.05, 3.63) is 60.7 Å². The van der Waals surface area contributed by atoms with Gasteiger partial charge in [0.15, 0.2) is 0 Å². The van der Waals surface area contributed by atoms with Gasteiger partial charge < -0.3 is 4.90 Å². The summed E-state index contributed by atoms with van der Waals surface area (Å²) in [6, 6.07) is 23.1. The summed E-state index contributed by atoms with van der Waals surface area (Å²) in [4.78, 5) is 2.58. The van der Waals surface area contributed by atoms with Crippen LogP contribution in [0.1, 0.15) is 40.0 Å². The van der Waals surface area contributed by atoms with Crippen molar-refractivity contribution in [1.29, 1.82) is 0 Å². The molecule has 1 fully saturated rings. The Morgan fingerprint density at radius 1 is 0.957 bits per heavy atom. The Kier molecular flexibility index (Phi) is 5.05. The molecule has 0 N–H and O–H groups in total. The van der Waals surface area contributed by atoms with Crippen molar-refractivity contribution in [2.24, 2.45) is 17.8 Å². The van der Waals surface area contributed by atoms with E-state index in [1.54, 1.807) is 0 Å². The SMILES string of the molecule is CC1CCC(C(C)C)C(N(c2cc[c]cc2)c2ccccc2)C1. The van der Waals surface area contributed by atoms with E-state index < -0.39 is 0 Å². The summed E-state index contributed by atoms with van der Waals surface area (Å²) in [7, 11) is 0. The summed E-state index contributed by atoms with van der Waals surface area (Å²) >= 11 is 0. The van der Waals surface area contributed by atoms with Crippen molar-refractivity contribution in [2.45, 2.75) is 46.1 Å². The molecule has 1 nitrogen and oxygen atoms in total. The molecule has 2 aromatic carbocycles. The number of nitrogens with zero attached hydrogens (tertiary/aromatic N) is 1. The van der Waals surface area contributed by atoms with Crippen LogP contribution in [0.25, 0.3) is 0 Å².